The second-order valence-electron chi connectivity index (χ2n) is 5.97. The molecule has 1 unspecified atom stereocenters. The van der Waals surface area contributed by atoms with Gasteiger partial charge in [-0.05, 0) is 31.6 Å². The highest BCUT2D eigenvalue weighted by Gasteiger charge is 2.44. The first-order valence-electron chi connectivity index (χ1n) is 6.99. The molecule has 17 heavy (non-hydrogen) atoms. The Balaban J connectivity index is 2.10. The van der Waals surface area contributed by atoms with Crippen molar-refractivity contribution in [2.75, 3.05) is 0 Å². The third-order valence-corrected chi connectivity index (χ3v) is 4.67. The fraction of sp³-hybridized carbons (Fsp3) is 0.800. The van der Waals surface area contributed by atoms with Gasteiger partial charge in [-0.1, -0.05) is 39.2 Å². The molecule has 2 aliphatic carbocycles. The van der Waals surface area contributed by atoms with Gasteiger partial charge in [0.05, 0.1) is 0 Å². The minimum atomic E-state index is -0.241. The molecule has 0 aliphatic heterocycles. The largest absolute Gasteiger partial charge is 0.458 e. The van der Waals surface area contributed by atoms with E-state index >= 15 is 0 Å². The Morgan fingerprint density at radius 2 is 1.88 bits per heavy atom. The first kappa shape index (κ1) is 12.7. The highest BCUT2D eigenvalue weighted by Crippen LogP contribution is 2.47. The summed E-state index contributed by atoms with van der Waals surface area (Å²) in [5.74, 6) is 0.344. The number of hydrogen-bond donors (Lipinski definition) is 0. The van der Waals surface area contributed by atoms with Gasteiger partial charge < -0.3 is 4.74 Å². The summed E-state index contributed by atoms with van der Waals surface area (Å²) < 4.78 is 5.71. The normalized spacial score (nSPS) is 25.7. The quantitative estimate of drug-likeness (QED) is 0.547. The van der Waals surface area contributed by atoms with Crippen molar-refractivity contribution in [2.45, 2.75) is 64.4 Å². The summed E-state index contributed by atoms with van der Waals surface area (Å²) in [5.41, 5.74) is 0.216. The zero-order valence-corrected chi connectivity index (χ0v) is 10.9. The average molecular weight is 236 g/mol. The van der Waals surface area contributed by atoms with Crippen molar-refractivity contribution in [3.8, 4) is 0 Å². The molecule has 2 rings (SSSR count). The molecular formula is C15H24O2. The molecule has 0 N–H and O–H groups in total. The Kier molecular flexibility index (Phi) is 3.90. The summed E-state index contributed by atoms with van der Waals surface area (Å²) in [4.78, 5) is 11.5. The van der Waals surface area contributed by atoms with Gasteiger partial charge in [0.25, 0.3) is 0 Å². The standard InChI is InChI=1S/C15H24O2/c1-3-13(16)17-14(12-8-4-5-9-12)15(2)10-6-7-11-15/h3,12,14H,1,4-11H2,2H3. The van der Waals surface area contributed by atoms with E-state index in [1.165, 1.54) is 57.4 Å². The van der Waals surface area contributed by atoms with E-state index in [4.69, 9.17) is 4.74 Å². The molecule has 0 spiro atoms. The average Bonchev–Trinajstić information content (AvgIpc) is 2.97. The van der Waals surface area contributed by atoms with Gasteiger partial charge in [0, 0.05) is 11.5 Å². The number of rotatable bonds is 4. The van der Waals surface area contributed by atoms with Crippen molar-refractivity contribution in [3.63, 3.8) is 0 Å². The first-order chi connectivity index (χ1) is 8.15. The molecule has 0 bridgehead atoms. The summed E-state index contributed by atoms with van der Waals surface area (Å²) in [7, 11) is 0. The van der Waals surface area contributed by atoms with Crippen molar-refractivity contribution < 1.29 is 9.53 Å². The monoisotopic (exact) mass is 236 g/mol. The molecule has 0 aromatic rings. The zero-order valence-electron chi connectivity index (χ0n) is 10.9. The van der Waals surface area contributed by atoms with Crippen molar-refractivity contribution in [1.82, 2.24) is 0 Å². The molecule has 0 radical (unpaired) electrons. The smallest absolute Gasteiger partial charge is 0.330 e. The Morgan fingerprint density at radius 3 is 2.41 bits per heavy atom. The minimum absolute atomic E-state index is 0.123. The molecule has 0 amide bonds. The molecule has 2 aliphatic rings. The minimum Gasteiger partial charge on any atom is -0.458 e. The van der Waals surface area contributed by atoms with Crippen molar-refractivity contribution >= 4 is 5.97 Å². The Hall–Kier alpha value is -0.790. The van der Waals surface area contributed by atoms with Crippen LogP contribution in [-0.2, 0) is 9.53 Å². The molecule has 2 saturated carbocycles. The van der Waals surface area contributed by atoms with Gasteiger partial charge in [-0.25, -0.2) is 4.79 Å². The Morgan fingerprint density at radius 1 is 1.29 bits per heavy atom. The summed E-state index contributed by atoms with van der Waals surface area (Å²) in [6.07, 6.45) is 11.5. The molecule has 0 aromatic carbocycles. The van der Waals surface area contributed by atoms with Gasteiger partial charge in [0.15, 0.2) is 0 Å². The SMILES string of the molecule is C=CC(=O)OC(C1CCCC1)C1(C)CCCC1. The van der Waals surface area contributed by atoms with E-state index in [2.05, 4.69) is 13.5 Å². The second-order valence-corrected chi connectivity index (χ2v) is 5.97. The van der Waals surface area contributed by atoms with E-state index in [1.54, 1.807) is 0 Å². The van der Waals surface area contributed by atoms with Gasteiger partial charge in [0.2, 0.25) is 0 Å². The molecule has 0 saturated heterocycles. The lowest BCUT2D eigenvalue weighted by atomic mass is 9.76. The number of carbonyl (C=O) groups is 1. The lowest BCUT2D eigenvalue weighted by molar-refractivity contribution is -0.154. The van der Waals surface area contributed by atoms with E-state index in [9.17, 15) is 4.79 Å². The van der Waals surface area contributed by atoms with E-state index in [0.29, 0.717) is 5.92 Å². The van der Waals surface area contributed by atoms with Crippen LogP contribution in [0.25, 0.3) is 0 Å². The maximum absolute atomic E-state index is 11.5. The van der Waals surface area contributed by atoms with Crippen molar-refractivity contribution in [1.29, 1.82) is 0 Å². The van der Waals surface area contributed by atoms with Crippen LogP contribution in [0.2, 0.25) is 0 Å². The van der Waals surface area contributed by atoms with Gasteiger partial charge in [-0.15, -0.1) is 0 Å². The van der Waals surface area contributed by atoms with Crippen LogP contribution in [0.4, 0.5) is 0 Å². The molecule has 96 valence electrons. The van der Waals surface area contributed by atoms with Crippen molar-refractivity contribution in [3.05, 3.63) is 12.7 Å². The molecule has 1 atom stereocenters. The highest BCUT2D eigenvalue weighted by atomic mass is 16.5. The van der Waals surface area contributed by atoms with Crippen molar-refractivity contribution in [2.24, 2.45) is 11.3 Å². The Bertz CT molecular complexity index is 283. The maximum Gasteiger partial charge on any atom is 0.330 e. The molecule has 0 heterocycles. The number of carbonyl (C=O) groups excluding carboxylic acids is 1. The Labute approximate surface area is 104 Å². The lowest BCUT2D eigenvalue weighted by Gasteiger charge is -2.37. The number of ether oxygens (including phenoxy) is 1. The highest BCUT2D eigenvalue weighted by molar-refractivity contribution is 5.81. The van der Waals surface area contributed by atoms with Gasteiger partial charge >= 0.3 is 5.97 Å². The van der Waals surface area contributed by atoms with Crippen LogP contribution in [0.1, 0.15) is 58.3 Å². The van der Waals surface area contributed by atoms with E-state index < -0.39 is 0 Å². The summed E-state index contributed by atoms with van der Waals surface area (Å²) in [5, 5.41) is 0. The molecule has 2 fully saturated rings. The number of esters is 1. The number of hydrogen-bond acceptors (Lipinski definition) is 2. The van der Waals surface area contributed by atoms with Crippen LogP contribution in [0.5, 0.6) is 0 Å². The predicted molar refractivity (Wildman–Crippen MR) is 68.6 cm³/mol. The third kappa shape index (κ3) is 2.72. The van der Waals surface area contributed by atoms with Crippen LogP contribution < -0.4 is 0 Å². The lowest BCUT2D eigenvalue weighted by Crippen LogP contribution is -2.39. The fourth-order valence-electron chi connectivity index (χ4n) is 3.71. The fourth-order valence-corrected chi connectivity index (χ4v) is 3.71. The van der Waals surface area contributed by atoms with Crippen LogP contribution >= 0.6 is 0 Å². The van der Waals surface area contributed by atoms with Crippen LogP contribution in [0.3, 0.4) is 0 Å². The van der Waals surface area contributed by atoms with Crippen LogP contribution in [0, 0.1) is 11.3 Å². The summed E-state index contributed by atoms with van der Waals surface area (Å²) >= 11 is 0. The molecular weight excluding hydrogens is 212 g/mol. The van der Waals surface area contributed by atoms with E-state index in [-0.39, 0.29) is 17.5 Å². The van der Waals surface area contributed by atoms with Gasteiger partial charge in [-0.3, -0.25) is 0 Å². The maximum atomic E-state index is 11.5. The third-order valence-electron chi connectivity index (χ3n) is 4.67. The molecule has 2 nitrogen and oxygen atoms in total. The van der Waals surface area contributed by atoms with Crippen LogP contribution in [-0.4, -0.2) is 12.1 Å². The van der Waals surface area contributed by atoms with Gasteiger partial charge in [0.1, 0.15) is 6.10 Å². The predicted octanol–water partition coefficient (Wildman–Crippen LogP) is 3.85. The van der Waals surface area contributed by atoms with Gasteiger partial charge in [-0.2, -0.15) is 0 Å². The topological polar surface area (TPSA) is 26.3 Å². The van der Waals surface area contributed by atoms with Crippen LogP contribution in [0.15, 0.2) is 12.7 Å². The second kappa shape index (κ2) is 5.24. The summed E-state index contributed by atoms with van der Waals surface area (Å²) in [6, 6.07) is 0. The first-order valence-corrected chi connectivity index (χ1v) is 6.99. The van der Waals surface area contributed by atoms with E-state index in [0.717, 1.165) is 0 Å². The zero-order chi connectivity index (χ0) is 12.3. The van der Waals surface area contributed by atoms with E-state index in [1.807, 2.05) is 0 Å². The molecule has 0 aromatic heterocycles. The summed E-state index contributed by atoms with van der Waals surface area (Å²) in [6.45, 7) is 5.82. The molecule has 2 heteroatoms.